The maximum Gasteiger partial charge on any atom is 0.338 e. The van der Waals surface area contributed by atoms with Gasteiger partial charge in [0.15, 0.2) is 0 Å². The molecule has 2 rings (SSSR count). The van der Waals surface area contributed by atoms with Gasteiger partial charge in [-0.1, -0.05) is 19.6 Å². The normalized spacial score (nSPS) is 22.1. The van der Waals surface area contributed by atoms with Gasteiger partial charge in [0.1, 0.15) is 6.10 Å². The number of pyridine rings is 1. The second-order valence-electron chi connectivity index (χ2n) is 5.27. The van der Waals surface area contributed by atoms with Crippen LogP contribution in [0.5, 0.6) is 5.88 Å². The maximum absolute atomic E-state index is 11.7. The van der Waals surface area contributed by atoms with Crippen LogP contribution in [0.4, 0.5) is 0 Å². The van der Waals surface area contributed by atoms with Crippen LogP contribution in [0.2, 0.25) is 0 Å². The van der Waals surface area contributed by atoms with Crippen molar-refractivity contribution in [3.63, 3.8) is 0 Å². The van der Waals surface area contributed by atoms with Crippen molar-refractivity contribution in [3.05, 3.63) is 30.0 Å². The Morgan fingerprint density at radius 1 is 1.40 bits per heavy atom. The first kappa shape index (κ1) is 14.6. The number of methoxy groups -OCH3 is 1. The fourth-order valence-electron chi connectivity index (χ4n) is 2.54. The molecule has 0 atom stereocenters. The molecule has 108 valence electrons. The molecular weight excluding hydrogens is 254 g/mol. The summed E-state index contributed by atoms with van der Waals surface area (Å²) in [7, 11) is 1.36. The van der Waals surface area contributed by atoms with E-state index in [-0.39, 0.29) is 6.10 Å². The second kappa shape index (κ2) is 6.55. The summed E-state index contributed by atoms with van der Waals surface area (Å²) in [4.78, 5) is 16.0. The zero-order valence-electron chi connectivity index (χ0n) is 12.1. The van der Waals surface area contributed by atoms with E-state index in [1.807, 2.05) is 0 Å². The number of rotatable bonds is 4. The molecule has 1 aliphatic carbocycles. The van der Waals surface area contributed by atoms with Gasteiger partial charge in [0.05, 0.1) is 18.2 Å². The van der Waals surface area contributed by atoms with Crippen LogP contribution in [0.25, 0.3) is 6.08 Å². The van der Waals surface area contributed by atoms with Gasteiger partial charge in [0, 0.05) is 6.20 Å². The fourth-order valence-corrected chi connectivity index (χ4v) is 2.54. The summed E-state index contributed by atoms with van der Waals surface area (Å²) in [5, 5.41) is 0. The molecule has 0 aromatic carbocycles. The standard InChI is InChI=1S/C16H21NO3/c1-4-13-14(16(18)19-3)9-10-17-15(13)20-12-7-5-11(2)6-8-12/h4,9-12H,1,5-8H2,2-3H3/t11-,12-. The highest BCUT2D eigenvalue weighted by Gasteiger charge is 2.22. The predicted octanol–water partition coefficient (Wildman–Crippen LogP) is 3.47. The van der Waals surface area contributed by atoms with E-state index in [1.165, 1.54) is 20.0 Å². The van der Waals surface area contributed by atoms with Crippen molar-refractivity contribution in [1.82, 2.24) is 4.98 Å². The highest BCUT2D eigenvalue weighted by atomic mass is 16.5. The van der Waals surface area contributed by atoms with Crippen LogP contribution in [-0.2, 0) is 4.74 Å². The molecular formula is C16H21NO3. The molecule has 0 N–H and O–H groups in total. The number of hydrogen-bond acceptors (Lipinski definition) is 4. The maximum atomic E-state index is 11.7. The van der Waals surface area contributed by atoms with Crippen molar-refractivity contribution in [2.45, 2.75) is 38.7 Å². The SMILES string of the molecule is C=Cc1c(C(=O)OC)ccnc1O[C@H]1CC[C@H](C)CC1. The minimum absolute atomic E-state index is 0.172. The van der Waals surface area contributed by atoms with Crippen LogP contribution >= 0.6 is 0 Å². The number of ether oxygens (including phenoxy) is 2. The Hall–Kier alpha value is -1.84. The zero-order chi connectivity index (χ0) is 14.5. The first-order valence-corrected chi connectivity index (χ1v) is 7.02. The third-order valence-corrected chi connectivity index (χ3v) is 3.80. The summed E-state index contributed by atoms with van der Waals surface area (Å²) in [6.07, 6.45) is 7.74. The molecule has 0 amide bonds. The highest BCUT2D eigenvalue weighted by molar-refractivity contribution is 5.94. The molecule has 0 saturated heterocycles. The molecule has 1 aliphatic rings. The summed E-state index contributed by atoms with van der Waals surface area (Å²) in [6.45, 7) is 6.01. The van der Waals surface area contributed by atoms with Gasteiger partial charge in [-0.3, -0.25) is 0 Å². The Bertz CT molecular complexity index is 490. The quantitative estimate of drug-likeness (QED) is 0.789. The van der Waals surface area contributed by atoms with E-state index in [2.05, 4.69) is 18.5 Å². The molecule has 1 aromatic heterocycles. The third kappa shape index (κ3) is 3.18. The van der Waals surface area contributed by atoms with Gasteiger partial charge >= 0.3 is 5.97 Å². The van der Waals surface area contributed by atoms with Gasteiger partial charge in [-0.05, 0) is 37.7 Å². The molecule has 20 heavy (non-hydrogen) atoms. The molecule has 0 unspecified atom stereocenters. The third-order valence-electron chi connectivity index (χ3n) is 3.80. The van der Waals surface area contributed by atoms with Gasteiger partial charge in [0.25, 0.3) is 0 Å². The first-order chi connectivity index (χ1) is 9.65. The number of nitrogens with zero attached hydrogens (tertiary/aromatic N) is 1. The Labute approximate surface area is 119 Å². The van der Waals surface area contributed by atoms with E-state index >= 15 is 0 Å². The number of hydrogen-bond donors (Lipinski definition) is 0. The highest BCUT2D eigenvalue weighted by Crippen LogP contribution is 2.29. The molecule has 4 nitrogen and oxygen atoms in total. The smallest absolute Gasteiger partial charge is 0.338 e. The number of carbonyl (C=O) groups is 1. The van der Waals surface area contributed by atoms with Crippen LogP contribution in [0.15, 0.2) is 18.8 Å². The summed E-state index contributed by atoms with van der Waals surface area (Å²) < 4.78 is 10.7. The molecule has 1 aromatic rings. The topological polar surface area (TPSA) is 48.4 Å². The predicted molar refractivity (Wildman–Crippen MR) is 77.7 cm³/mol. The monoisotopic (exact) mass is 275 g/mol. The average molecular weight is 275 g/mol. The van der Waals surface area contributed by atoms with E-state index < -0.39 is 5.97 Å². The van der Waals surface area contributed by atoms with Crippen LogP contribution in [-0.4, -0.2) is 24.2 Å². The average Bonchev–Trinajstić information content (AvgIpc) is 2.48. The van der Waals surface area contributed by atoms with Crippen molar-refractivity contribution < 1.29 is 14.3 Å². The van der Waals surface area contributed by atoms with Gasteiger partial charge in [-0.15, -0.1) is 0 Å². The van der Waals surface area contributed by atoms with Gasteiger partial charge in [-0.2, -0.15) is 0 Å². The summed E-state index contributed by atoms with van der Waals surface area (Å²) >= 11 is 0. The van der Waals surface area contributed by atoms with Crippen molar-refractivity contribution in [1.29, 1.82) is 0 Å². The van der Waals surface area contributed by atoms with Crippen molar-refractivity contribution >= 4 is 12.0 Å². The Balaban J connectivity index is 2.19. The molecule has 0 aliphatic heterocycles. The first-order valence-electron chi connectivity index (χ1n) is 7.02. The largest absolute Gasteiger partial charge is 0.474 e. The van der Waals surface area contributed by atoms with Crippen LogP contribution in [0.3, 0.4) is 0 Å². The Morgan fingerprint density at radius 2 is 2.10 bits per heavy atom. The van der Waals surface area contributed by atoms with E-state index in [1.54, 1.807) is 18.3 Å². The lowest BCUT2D eigenvalue weighted by Crippen LogP contribution is -2.24. The fraction of sp³-hybridized carbons (Fsp3) is 0.500. The molecule has 0 radical (unpaired) electrons. The van der Waals surface area contributed by atoms with Crippen LogP contribution < -0.4 is 4.74 Å². The summed E-state index contributed by atoms with van der Waals surface area (Å²) in [5.41, 5.74) is 1.05. The molecule has 1 fully saturated rings. The molecule has 1 heterocycles. The van der Waals surface area contributed by atoms with Crippen LogP contribution in [0, 0.1) is 5.92 Å². The molecule has 4 heteroatoms. The minimum atomic E-state index is -0.399. The Morgan fingerprint density at radius 3 is 2.70 bits per heavy atom. The van der Waals surface area contributed by atoms with Crippen LogP contribution in [0.1, 0.15) is 48.5 Å². The lowest BCUT2D eigenvalue weighted by molar-refractivity contribution is 0.0598. The Kier molecular flexibility index (Phi) is 4.77. The minimum Gasteiger partial charge on any atom is -0.474 e. The summed E-state index contributed by atoms with van der Waals surface area (Å²) in [5.74, 6) is 0.843. The number of carbonyl (C=O) groups excluding carboxylic acids is 1. The van der Waals surface area contributed by atoms with E-state index in [0.29, 0.717) is 17.0 Å². The van der Waals surface area contributed by atoms with Gasteiger partial charge < -0.3 is 9.47 Å². The van der Waals surface area contributed by atoms with Gasteiger partial charge in [0.2, 0.25) is 5.88 Å². The van der Waals surface area contributed by atoms with E-state index in [4.69, 9.17) is 9.47 Å². The van der Waals surface area contributed by atoms with Crippen molar-refractivity contribution in [3.8, 4) is 5.88 Å². The van der Waals surface area contributed by atoms with Gasteiger partial charge in [-0.25, -0.2) is 9.78 Å². The van der Waals surface area contributed by atoms with E-state index in [9.17, 15) is 4.79 Å². The lowest BCUT2D eigenvalue weighted by Gasteiger charge is -2.27. The number of esters is 1. The molecule has 0 bridgehead atoms. The van der Waals surface area contributed by atoms with Crippen molar-refractivity contribution in [2.75, 3.05) is 7.11 Å². The van der Waals surface area contributed by atoms with Crippen molar-refractivity contribution in [2.24, 2.45) is 5.92 Å². The summed E-state index contributed by atoms with van der Waals surface area (Å²) in [6, 6.07) is 1.62. The molecule has 1 saturated carbocycles. The van der Waals surface area contributed by atoms with E-state index in [0.717, 1.165) is 18.8 Å². The molecule has 0 spiro atoms. The lowest BCUT2D eigenvalue weighted by atomic mass is 9.89. The zero-order valence-corrected chi connectivity index (χ0v) is 12.1. The number of aromatic nitrogens is 1. The second-order valence-corrected chi connectivity index (χ2v) is 5.27.